The number of halogens is 1. The van der Waals surface area contributed by atoms with Crippen molar-refractivity contribution in [2.24, 2.45) is 0 Å². The fraction of sp³-hybridized carbons (Fsp3) is 0.611. The Bertz CT molecular complexity index is 559. The number of hydrogen-bond donors (Lipinski definition) is 2. The first-order valence-corrected chi connectivity index (χ1v) is 8.57. The highest BCUT2D eigenvalue weighted by Gasteiger charge is 2.26. The predicted octanol–water partition coefficient (Wildman–Crippen LogP) is 2.60. The van der Waals surface area contributed by atoms with Gasteiger partial charge in [0.25, 0.3) is 0 Å². The molecule has 1 aliphatic rings. The van der Waals surface area contributed by atoms with Crippen LogP contribution in [0.3, 0.4) is 0 Å². The number of nitrogens with one attached hydrogen (secondary N) is 1. The average Bonchev–Trinajstić information content (AvgIpc) is 2.52. The number of carbonyl (C=O) groups excluding carboxylic acids is 1. The van der Waals surface area contributed by atoms with Crippen molar-refractivity contribution in [2.45, 2.75) is 45.3 Å². The molecule has 5 nitrogen and oxygen atoms in total. The topological polar surface area (TPSA) is 55.8 Å². The molecule has 1 unspecified atom stereocenters. The summed E-state index contributed by atoms with van der Waals surface area (Å²) in [4.78, 5) is 16.2. The third-order valence-electron chi connectivity index (χ3n) is 4.17. The number of anilines is 1. The van der Waals surface area contributed by atoms with E-state index < -0.39 is 5.60 Å². The van der Waals surface area contributed by atoms with Crippen LogP contribution in [0.4, 0.5) is 14.9 Å². The summed E-state index contributed by atoms with van der Waals surface area (Å²) < 4.78 is 13.4. The fourth-order valence-corrected chi connectivity index (χ4v) is 3.06. The Kier molecular flexibility index (Phi) is 6.04. The summed E-state index contributed by atoms with van der Waals surface area (Å²) in [6, 6.07) is 6.41. The average molecular weight is 337 g/mol. The molecule has 2 N–H and O–H groups in total. The third-order valence-corrected chi connectivity index (χ3v) is 4.17. The van der Waals surface area contributed by atoms with E-state index in [1.54, 1.807) is 24.8 Å². The van der Waals surface area contributed by atoms with Crippen LogP contribution < -0.4 is 10.2 Å². The maximum atomic E-state index is 13.4. The lowest BCUT2D eigenvalue weighted by Crippen LogP contribution is -2.53. The Morgan fingerprint density at radius 2 is 2.25 bits per heavy atom. The van der Waals surface area contributed by atoms with Crippen LogP contribution in [0.25, 0.3) is 0 Å². The first kappa shape index (κ1) is 18.5. The molecular weight excluding hydrogens is 309 g/mol. The van der Waals surface area contributed by atoms with Crippen LogP contribution in [0.2, 0.25) is 0 Å². The van der Waals surface area contributed by atoms with Crippen molar-refractivity contribution in [3.8, 4) is 0 Å². The zero-order valence-corrected chi connectivity index (χ0v) is 14.8. The highest BCUT2D eigenvalue weighted by molar-refractivity contribution is 5.74. The number of likely N-dealkylation sites (N-methyl/N-ethyl adjacent to an activating group) is 1. The number of piperidine rings is 1. The first-order valence-electron chi connectivity index (χ1n) is 8.57. The summed E-state index contributed by atoms with van der Waals surface area (Å²) in [6.45, 7) is 7.62. The van der Waals surface area contributed by atoms with Gasteiger partial charge in [0.05, 0.1) is 12.1 Å². The quantitative estimate of drug-likeness (QED) is 0.868. The van der Waals surface area contributed by atoms with Crippen LogP contribution in [0.1, 0.15) is 33.6 Å². The minimum absolute atomic E-state index is 0.0189. The second kappa shape index (κ2) is 7.83. The molecule has 2 rings (SSSR count). The Labute approximate surface area is 143 Å². The van der Waals surface area contributed by atoms with E-state index in [9.17, 15) is 14.3 Å². The molecule has 1 saturated heterocycles. The maximum absolute atomic E-state index is 13.4. The molecule has 2 amide bonds. The SMILES string of the molecule is CCN(CC(C)(C)O)C(=O)NC1CCCN(c2cccc(F)c2)C1. The van der Waals surface area contributed by atoms with Gasteiger partial charge in [-0.1, -0.05) is 6.07 Å². The molecule has 1 atom stereocenters. The van der Waals surface area contributed by atoms with Gasteiger partial charge in [0.15, 0.2) is 0 Å². The van der Waals surface area contributed by atoms with Crippen LogP contribution in [-0.2, 0) is 0 Å². The molecule has 0 radical (unpaired) electrons. The zero-order valence-electron chi connectivity index (χ0n) is 14.8. The molecule has 0 spiro atoms. The van der Waals surface area contributed by atoms with Crippen LogP contribution in [0, 0.1) is 5.82 Å². The lowest BCUT2D eigenvalue weighted by molar-refractivity contribution is 0.0475. The molecule has 0 bridgehead atoms. The molecule has 134 valence electrons. The van der Waals surface area contributed by atoms with Gasteiger partial charge in [-0.05, 0) is 51.8 Å². The second-order valence-corrected chi connectivity index (χ2v) is 7.04. The molecule has 1 aromatic carbocycles. The first-order chi connectivity index (χ1) is 11.3. The number of aliphatic hydroxyl groups is 1. The standard InChI is InChI=1S/C18H28FN3O2/c1-4-21(13-18(2,3)24)17(23)20-15-8-6-10-22(12-15)16-9-5-7-14(19)11-16/h5,7,9,11,15,24H,4,6,8,10,12-13H2,1-3H3,(H,20,23). The van der Waals surface area contributed by atoms with Gasteiger partial charge in [-0.2, -0.15) is 0 Å². The molecular formula is C18H28FN3O2. The zero-order chi connectivity index (χ0) is 17.7. The molecule has 1 aromatic rings. The Balaban J connectivity index is 1.95. The van der Waals surface area contributed by atoms with Crippen LogP contribution in [-0.4, -0.2) is 53.9 Å². The minimum Gasteiger partial charge on any atom is -0.389 e. The summed E-state index contributed by atoms with van der Waals surface area (Å²) >= 11 is 0. The van der Waals surface area contributed by atoms with Crippen LogP contribution in [0.5, 0.6) is 0 Å². The molecule has 1 aliphatic heterocycles. The maximum Gasteiger partial charge on any atom is 0.317 e. The van der Waals surface area contributed by atoms with E-state index in [4.69, 9.17) is 0 Å². The lowest BCUT2D eigenvalue weighted by Gasteiger charge is -2.36. The smallest absolute Gasteiger partial charge is 0.317 e. The van der Waals surface area contributed by atoms with Gasteiger partial charge in [-0.3, -0.25) is 0 Å². The van der Waals surface area contributed by atoms with Gasteiger partial charge in [0.2, 0.25) is 0 Å². The number of benzene rings is 1. The summed E-state index contributed by atoms with van der Waals surface area (Å²) in [5.41, 5.74) is -0.0779. The predicted molar refractivity (Wildman–Crippen MR) is 93.7 cm³/mol. The van der Waals surface area contributed by atoms with E-state index in [0.29, 0.717) is 13.1 Å². The van der Waals surface area contributed by atoms with Crippen molar-refractivity contribution in [1.29, 1.82) is 0 Å². The van der Waals surface area contributed by atoms with Gasteiger partial charge in [0.1, 0.15) is 5.82 Å². The highest BCUT2D eigenvalue weighted by atomic mass is 19.1. The minimum atomic E-state index is -0.923. The highest BCUT2D eigenvalue weighted by Crippen LogP contribution is 2.21. The van der Waals surface area contributed by atoms with Crippen molar-refractivity contribution in [2.75, 3.05) is 31.1 Å². The van der Waals surface area contributed by atoms with Crippen molar-refractivity contribution in [3.63, 3.8) is 0 Å². The second-order valence-electron chi connectivity index (χ2n) is 7.04. The summed E-state index contributed by atoms with van der Waals surface area (Å²) in [5.74, 6) is -0.249. The van der Waals surface area contributed by atoms with Gasteiger partial charge in [-0.25, -0.2) is 9.18 Å². The molecule has 0 saturated carbocycles. The van der Waals surface area contributed by atoms with E-state index in [2.05, 4.69) is 10.2 Å². The van der Waals surface area contributed by atoms with Crippen LogP contribution in [0.15, 0.2) is 24.3 Å². The van der Waals surface area contributed by atoms with Gasteiger partial charge in [-0.15, -0.1) is 0 Å². The lowest BCUT2D eigenvalue weighted by atomic mass is 10.0. The summed E-state index contributed by atoms with van der Waals surface area (Å²) in [7, 11) is 0. The van der Waals surface area contributed by atoms with E-state index >= 15 is 0 Å². The number of carbonyl (C=O) groups is 1. The normalized spacial score (nSPS) is 18.4. The van der Waals surface area contributed by atoms with E-state index in [-0.39, 0.29) is 24.4 Å². The Morgan fingerprint density at radius 3 is 2.88 bits per heavy atom. The van der Waals surface area contributed by atoms with E-state index in [0.717, 1.165) is 25.1 Å². The third kappa shape index (κ3) is 5.37. The molecule has 1 fully saturated rings. The largest absolute Gasteiger partial charge is 0.389 e. The van der Waals surface area contributed by atoms with Crippen molar-refractivity contribution >= 4 is 11.7 Å². The number of hydrogen-bond acceptors (Lipinski definition) is 3. The van der Waals surface area contributed by atoms with Crippen molar-refractivity contribution in [1.82, 2.24) is 10.2 Å². The number of nitrogens with zero attached hydrogens (tertiary/aromatic N) is 2. The molecule has 1 heterocycles. The molecule has 24 heavy (non-hydrogen) atoms. The molecule has 6 heteroatoms. The van der Waals surface area contributed by atoms with Gasteiger partial charge in [0, 0.05) is 31.4 Å². The van der Waals surface area contributed by atoms with Crippen molar-refractivity contribution < 1.29 is 14.3 Å². The van der Waals surface area contributed by atoms with Gasteiger partial charge < -0.3 is 20.2 Å². The number of amides is 2. The summed E-state index contributed by atoms with van der Waals surface area (Å²) in [6.07, 6.45) is 1.84. The summed E-state index contributed by atoms with van der Waals surface area (Å²) in [5, 5.41) is 13.0. The van der Waals surface area contributed by atoms with E-state index in [1.807, 2.05) is 13.0 Å². The molecule has 0 aliphatic carbocycles. The van der Waals surface area contributed by atoms with Gasteiger partial charge >= 0.3 is 6.03 Å². The Morgan fingerprint density at radius 1 is 1.50 bits per heavy atom. The Hall–Kier alpha value is -1.82. The fourth-order valence-electron chi connectivity index (χ4n) is 3.06. The van der Waals surface area contributed by atoms with Crippen molar-refractivity contribution in [3.05, 3.63) is 30.1 Å². The monoisotopic (exact) mass is 337 g/mol. The number of rotatable bonds is 5. The van der Waals surface area contributed by atoms with Crippen LogP contribution >= 0.6 is 0 Å². The van der Waals surface area contributed by atoms with E-state index in [1.165, 1.54) is 12.1 Å². The number of urea groups is 1. The molecule has 0 aromatic heterocycles.